The van der Waals surface area contributed by atoms with Crippen molar-refractivity contribution in [1.29, 1.82) is 0 Å². The van der Waals surface area contributed by atoms with Crippen molar-refractivity contribution < 1.29 is 4.21 Å². The fourth-order valence-corrected chi connectivity index (χ4v) is 3.26. The molecule has 0 aromatic carbocycles. The van der Waals surface area contributed by atoms with Gasteiger partial charge in [0.05, 0.1) is 5.25 Å². The molecule has 1 fully saturated rings. The van der Waals surface area contributed by atoms with E-state index in [2.05, 4.69) is 13.8 Å². The Kier molecular flexibility index (Phi) is 2.94. The lowest BCUT2D eigenvalue weighted by atomic mass is 9.73. The SMILES string of the molecule is CS(=O)C1CCCC(C)(C)C1N. The van der Waals surface area contributed by atoms with Crippen LogP contribution >= 0.6 is 0 Å². The molecule has 0 aromatic rings. The Hall–Kier alpha value is 0.110. The molecule has 0 saturated heterocycles. The maximum absolute atomic E-state index is 11.3. The zero-order valence-corrected chi connectivity index (χ0v) is 8.99. The minimum atomic E-state index is -0.754. The molecular formula is C9H19NOS. The molecule has 0 bridgehead atoms. The normalized spacial score (nSPS) is 37.7. The summed E-state index contributed by atoms with van der Waals surface area (Å²) < 4.78 is 11.3. The number of rotatable bonds is 1. The topological polar surface area (TPSA) is 43.1 Å². The molecule has 1 saturated carbocycles. The van der Waals surface area contributed by atoms with Crippen molar-refractivity contribution in [2.45, 2.75) is 44.4 Å². The Morgan fingerprint density at radius 3 is 2.50 bits per heavy atom. The highest BCUT2D eigenvalue weighted by atomic mass is 32.2. The van der Waals surface area contributed by atoms with Gasteiger partial charge in [0, 0.05) is 23.1 Å². The van der Waals surface area contributed by atoms with E-state index in [1.165, 1.54) is 12.8 Å². The minimum Gasteiger partial charge on any atom is -0.326 e. The van der Waals surface area contributed by atoms with Gasteiger partial charge in [0.25, 0.3) is 0 Å². The molecule has 2 nitrogen and oxygen atoms in total. The van der Waals surface area contributed by atoms with Crippen molar-refractivity contribution in [2.24, 2.45) is 11.1 Å². The Morgan fingerprint density at radius 1 is 1.50 bits per heavy atom. The molecule has 0 radical (unpaired) electrons. The van der Waals surface area contributed by atoms with Crippen LogP contribution in [0.3, 0.4) is 0 Å². The molecule has 3 atom stereocenters. The van der Waals surface area contributed by atoms with Crippen LogP contribution in [0.2, 0.25) is 0 Å². The van der Waals surface area contributed by atoms with Gasteiger partial charge in [0.1, 0.15) is 0 Å². The lowest BCUT2D eigenvalue weighted by Gasteiger charge is -2.40. The van der Waals surface area contributed by atoms with Crippen molar-refractivity contribution in [3.05, 3.63) is 0 Å². The first-order valence-corrected chi connectivity index (χ1v) is 6.15. The van der Waals surface area contributed by atoms with Crippen LogP contribution in [-0.2, 0) is 10.8 Å². The van der Waals surface area contributed by atoms with E-state index < -0.39 is 10.8 Å². The molecule has 72 valence electrons. The predicted molar refractivity (Wildman–Crippen MR) is 53.5 cm³/mol. The van der Waals surface area contributed by atoms with Gasteiger partial charge >= 0.3 is 0 Å². The monoisotopic (exact) mass is 189 g/mol. The second-order valence-corrected chi connectivity index (χ2v) is 6.05. The van der Waals surface area contributed by atoms with Crippen LogP contribution in [0.1, 0.15) is 33.1 Å². The van der Waals surface area contributed by atoms with Gasteiger partial charge in [-0.05, 0) is 18.3 Å². The smallest absolute Gasteiger partial charge is 0.0501 e. The largest absolute Gasteiger partial charge is 0.326 e. The molecule has 0 aromatic heterocycles. The highest BCUT2D eigenvalue weighted by molar-refractivity contribution is 7.85. The summed E-state index contributed by atoms with van der Waals surface area (Å²) in [6.45, 7) is 4.35. The molecule has 0 spiro atoms. The fourth-order valence-electron chi connectivity index (χ4n) is 1.98. The molecule has 1 rings (SSSR count). The van der Waals surface area contributed by atoms with Crippen LogP contribution in [0.5, 0.6) is 0 Å². The fraction of sp³-hybridized carbons (Fsp3) is 1.00. The van der Waals surface area contributed by atoms with E-state index >= 15 is 0 Å². The van der Waals surface area contributed by atoms with Gasteiger partial charge in [0.2, 0.25) is 0 Å². The maximum Gasteiger partial charge on any atom is 0.0501 e. The van der Waals surface area contributed by atoms with Crippen LogP contribution in [-0.4, -0.2) is 21.8 Å². The van der Waals surface area contributed by atoms with E-state index in [1.807, 2.05) is 0 Å². The number of hydrogen-bond acceptors (Lipinski definition) is 2. The first-order valence-electron chi connectivity index (χ1n) is 4.53. The number of nitrogens with two attached hydrogens (primary N) is 1. The van der Waals surface area contributed by atoms with Crippen LogP contribution in [0.4, 0.5) is 0 Å². The van der Waals surface area contributed by atoms with Gasteiger partial charge in [-0.2, -0.15) is 0 Å². The van der Waals surface area contributed by atoms with Gasteiger partial charge in [-0.1, -0.05) is 20.3 Å². The van der Waals surface area contributed by atoms with E-state index in [4.69, 9.17) is 5.73 Å². The zero-order chi connectivity index (χ0) is 9.35. The summed E-state index contributed by atoms with van der Waals surface area (Å²) in [6, 6.07) is 0.108. The lowest BCUT2D eigenvalue weighted by Crippen LogP contribution is -2.51. The summed E-state index contributed by atoms with van der Waals surface area (Å²) in [4.78, 5) is 0. The van der Waals surface area contributed by atoms with Crippen molar-refractivity contribution in [2.75, 3.05) is 6.26 Å². The lowest BCUT2D eigenvalue weighted by molar-refractivity contribution is 0.207. The molecule has 3 heteroatoms. The van der Waals surface area contributed by atoms with Crippen LogP contribution < -0.4 is 5.73 Å². The summed E-state index contributed by atoms with van der Waals surface area (Å²) in [5.41, 5.74) is 6.24. The Morgan fingerprint density at radius 2 is 2.08 bits per heavy atom. The first-order chi connectivity index (χ1) is 5.45. The van der Waals surface area contributed by atoms with E-state index in [0.29, 0.717) is 0 Å². The molecule has 0 amide bonds. The second-order valence-electron chi connectivity index (χ2n) is 4.44. The van der Waals surface area contributed by atoms with E-state index in [9.17, 15) is 4.21 Å². The molecule has 3 unspecified atom stereocenters. The predicted octanol–water partition coefficient (Wildman–Crippen LogP) is 1.27. The van der Waals surface area contributed by atoms with E-state index in [0.717, 1.165) is 6.42 Å². The molecule has 1 aliphatic rings. The molecule has 0 aliphatic heterocycles. The van der Waals surface area contributed by atoms with Gasteiger partial charge in [0.15, 0.2) is 0 Å². The van der Waals surface area contributed by atoms with Gasteiger partial charge in [-0.3, -0.25) is 4.21 Å². The zero-order valence-electron chi connectivity index (χ0n) is 8.17. The Balaban J connectivity index is 2.73. The summed E-state index contributed by atoms with van der Waals surface area (Å²) in [7, 11) is -0.754. The molecule has 1 aliphatic carbocycles. The highest BCUT2D eigenvalue weighted by Crippen LogP contribution is 2.36. The summed E-state index contributed by atoms with van der Waals surface area (Å²) >= 11 is 0. The third kappa shape index (κ3) is 1.88. The molecular weight excluding hydrogens is 170 g/mol. The standard InChI is InChI=1S/C9H19NOS/c1-9(2)6-4-5-7(8(9)10)12(3)11/h7-8H,4-6,10H2,1-3H3. The third-order valence-electron chi connectivity index (χ3n) is 3.04. The Labute approximate surface area is 77.4 Å². The maximum atomic E-state index is 11.3. The molecule has 12 heavy (non-hydrogen) atoms. The van der Waals surface area contributed by atoms with Gasteiger partial charge in [-0.25, -0.2) is 0 Å². The average molecular weight is 189 g/mol. The van der Waals surface area contributed by atoms with Crippen molar-refractivity contribution in [1.82, 2.24) is 0 Å². The van der Waals surface area contributed by atoms with Crippen LogP contribution in [0, 0.1) is 5.41 Å². The van der Waals surface area contributed by atoms with Crippen molar-refractivity contribution >= 4 is 10.8 Å². The average Bonchev–Trinajstić information content (AvgIpc) is 1.94. The van der Waals surface area contributed by atoms with E-state index in [-0.39, 0.29) is 16.7 Å². The minimum absolute atomic E-state index is 0.108. The van der Waals surface area contributed by atoms with Crippen molar-refractivity contribution in [3.63, 3.8) is 0 Å². The summed E-state index contributed by atoms with van der Waals surface area (Å²) in [5.74, 6) is 0. The summed E-state index contributed by atoms with van der Waals surface area (Å²) in [5, 5.41) is 0.216. The van der Waals surface area contributed by atoms with Crippen molar-refractivity contribution in [3.8, 4) is 0 Å². The third-order valence-corrected chi connectivity index (χ3v) is 4.42. The van der Waals surface area contributed by atoms with E-state index in [1.54, 1.807) is 6.26 Å². The summed E-state index contributed by atoms with van der Waals surface area (Å²) in [6.07, 6.45) is 5.15. The quantitative estimate of drug-likeness (QED) is 0.675. The van der Waals surface area contributed by atoms with Crippen LogP contribution in [0.15, 0.2) is 0 Å². The number of hydrogen-bond donors (Lipinski definition) is 1. The van der Waals surface area contributed by atoms with Crippen LogP contribution in [0.25, 0.3) is 0 Å². The van der Waals surface area contributed by atoms with Gasteiger partial charge < -0.3 is 5.73 Å². The first kappa shape index (κ1) is 10.2. The molecule has 2 N–H and O–H groups in total. The van der Waals surface area contributed by atoms with Gasteiger partial charge in [-0.15, -0.1) is 0 Å². The highest BCUT2D eigenvalue weighted by Gasteiger charge is 2.37. The second kappa shape index (κ2) is 3.46. The molecule has 0 heterocycles. The Bertz CT molecular complexity index is 191.